The summed E-state index contributed by atoms with van der Waals surface area (Å²) >= 11 is 0. The van der Waals surface area contributed by atoms with Crippen molar-refractivity contribution in [3.63, 3.8) is 0 Å². The number of carbonyl (C=O) groups is 3. The lowest BCUT2D eigenvalue weighted by molar-refractivity contribution is -0.123. The lowest BCUT2D eigenvalue weighted by Crippen LogP contribution is -2.50. The Kier molecular flexibility index (Phi) is 2.02. The number of hydrogen-bond donors (Lipinski definition) is 3. The standard InChI is InChI=1S/C8H12N4O3/c1-9-7(15)12-3-2-8(4-12)5(13)10-6(14)11-8/h2-4H2,1H3,(H,9,15)(H2,10,11,13,14). The van der Waals surface area contributed by atoms with E-state index in [1.807, 2.05) is 0 Å². The zero-order valence-electron chi connectivity index (χ0n) is 8.29. The summed E-state index contributed by atoms with van der Waals surface area (Å²) in [5.74, 6) is -0.348. The van der Waals surface area contributed by atoms with Crippen LogP contribution in [0.4, 0.5) is 9.59 Å². The Bertz CT molecular complexity index is 343. The van der Waals surface area contributed by atoms with Crippen molar-refractivity contribution in [2.24, 2.45) is 0 Å². The predicted molar refractivity (Wildman–Crippen MR) is 50.1 cm³/mol. The van der Waals surface area contributed by atoms with Gasteiger partial charge in [-0.3, -0.25) is 10.1 Å². The second-order valence-electron chi connectivity index (χ2n) is 3.72. The van der Waals surface area contributed by atoms with E-state index in [1.54, 1.807) is 0 Å². The molecule has 0 aromatic carbocycles. The Morgan fingerprint density at radius 3 is 2.80 bits per heavy atom. The van der Waals surface area contributed by atoms with Gasteiger partial charge in [-0.05, 0) is 6.42 Å². The van der Waals surface area contributed by atoms with Crippen molar-refractivity contribution in [2.45, 2.75) is 12.0 Å². The molecule has 82 valence electrons. The van der Waals surface area contributed by atoms with E-state index in [4.69, 9.17) is 0 Å². The number of likely N-dealkylation sites (tertiary alicyclic amines) is 1. The number of amides is 5. The number of nitrogens with zero attached hydrogens (tertiary/aromatic N) is 1. The van der Waals surface area contributed by atoms with Crippen LogP contribution < -0.4 is 16.0 Å². The summed E-state index contributed by atoms with van der Waals surface area (Å²) in [4.78, 5) is 35.3. The lowest BCUT2D eigenvalue weighted by atomic mass is 10.00. The molecule has 7 heteroatoms. The minimum Gasteiger partial charge on any atom is -0.341 e. The topological polar surface area (TPSA) is 90.5 Å². The van der Waals surface area contributed by atoms with E-state index in [0.717, 1.165) is 0 Å². The van der Waals surface area contributed by atoms with Crippen molar-refractivity contribution in [1.82, 2.24) is 20.9 Å². The van der Waals surface area contributed by atoms with E-state index >= 15 is 0 Å². The van der Waals surface area contributed by atoms with Crippen molar-refractivity contribution in [3.8, 4) is 0 Å². The highest BCUT2D eigenvalue weighted by Crippen LogP contribution is 2.24. The van der Waals surface area contributed by atoms with Crippen LogP contribution in [-0.2, 0) is 4.79 Å². The molecule has 1 spiro atoms. The fourth-order valence-electron chi connectivity index (χ4n) is 1.96. The molecule has 0 radical (unpaired) electrons. The van der Waals surface area contributed by atoms with Gasteiger partial charge in [-0.1, -0.05) is 0 Å². The normalized spacial score (nSPS) is 29.3. The number of carbonyl (C=O) groups excluding carboxylic acids is 3. The first-order valence-electron chi connectivity index (χ1n) is 4.68. The maximum Gasteiger partial charge on any atom is 0.322 e. The molecule has 0 aromatic rings. The highest BCUT2D eigenvalue weighted by molar-refractivity contribution is 6.07. The molecule has 3 N–H and O–H groups in total. The van der Waals surface area contributed by atoms with Crippen LogP contribution in [0.3, 0.4) is 0 Å². The molecule has 2 fully saturated rings. The van der Waals surface area contributed by atoms with Crippen molar-refractivity contribution < 1.29 is 14.4 Å². The summed E-state index contributed by atoms with van der Waals surface area (Å²) in [5.41, 5.74) is -0.913. The second-order valence-corrected chi connectivity index (χ2v) is 3.72. The summed E-state index contributed by atoms with van der Waals surface area (Å²) in [7, 11) is 1.53. The molecule has 0 aliphatic carbocycles. The minimum absolute atomic E-state index is 0.226. The van der Waals surface area contributed by atoms with Gasteiger partial charge in [-0.25, -0.2) is 9.59 Å². The van der Waals surface area contributed by atoms with Gasteiger partial charge in [0.1, 0.15) is 5.54 Å². The Hall–Kier alpha value is -1.79. The van der Waals surface area contributed by atoms with Gasteiger partial charge < -0.3 is 15.5 Å². The molecule has 2 heterocycles. The fraction of sp³-hybridized carbons (Fsp3) is 0.625. The molecule has 7 nitrogen and oxygen atoms in total. The number of hydrogen-bond acceptors (Lipinski definition) is 3. The van der Waals surface area contributed by atoms with E-state index in [-0.39, 0.29) is 18.5 Å². The van der Waals surface area contributed by atoms with Gasteiger partial charge in [0.2, 0.25) is 0 Å². The van der Waals surface area contributed by atoms with E-state index in [1.165, 1.54) is 11.9 Å². The van der Waals surface area contributed by atoms with Crippen molar-refractivity contribution in [3.05, 3.63) is 0 Å². The van der Waals surface area contributed by atoms with E-state index in [2.05, 4.69) is 16.0 Å². The van der Waals surface area contributed by atoms with Crippen molar-refractivity contribution >= 4 is 18.0 Å². The van der Waals surface area contributed by atoms with Gasteiger partial charge in [-0.2, -0.15) is 0 Å². The minimum atomic E-state index is -0.913. The number of rotatable bonds is 0. The van der Waals surface area contributed by atoms with Gasteiger partial charge in [0, 0.05) is 13.6 Å². The Morgan fingerprint density at radius 2 is 2.27 bits per heavy atom. The van der Waals surface area contributed by atoms with Crippen LogP contribution in [0, 0.1) is 0 Å². The van der Waals surface area contributed by atoms with Crippen LogP contribution in [0.25, 0.3) is 0 Å². The first kappa shape index (κ1) is 9.75. The zero-order valence-corrected chi connectivity index (χ0v) is 8.29. The molecular formula is C8H12N4O3. The average molecular weight is 212 g/mol. The monoisotopic (exact) mass is 212 g/mol. The van der Waals surface area contributed by atoms with E-state index in [9.17, 15) is 14.4 Å². The quantitative estimate of drug-likeness (QED) is 0.432. The SMILES string of the molecule is CNC(=O)N1CCC2(C1)NC(=O)NC2=O. The van der Waals surface area contributed by atoms with Crippen molar-refractivity contribution in [2.75, 3.05) is 20.1 Å². The second kappa shape index (κ2) is 3.11. The molecule has 5 amide bonds. The number of urea groups is 2. The highest BCUT2D eigenvalue weighted by atomic mass is 16.2. The van der Waals surface area contributed by atoms with Crippen LogP contribution in [0.2, 0.25) is 0 Å². The molecule has 2 saturated heterocycles. The average Bonchev–Trinajstić information content (AvgIpc) is 2.72. The highest BCUT2D eigenvalue weighted by Gasteiger charge is 2.51. The summed E-state index contributed by atoms with van der Waals surface area (Å²) in [6.07, 6.45) is 0.456. The van der Waals surface area contributed by atoms with Gasteiger partial charge in [0.05, 0.1) is 6.54 Å². The lowest BCUT2D eigenvalue weighted by Gasteiger charge is -2.20. The van der Waals surface area contributed by atoms with Crippen LogP contribution in [0.15, 0.2) is 0 Å². The van der Waals surface area contributed by atoms with Gasteiger partial charge in [0.15, 0.2) is 0 Å². The largest absolute Gasteiger partial charge is 0.341 e. The first-order chi connectivity index (χ1) is 7.07. The number of imide groups is 1. The predicted octanol–water partition coefficient (Wildman–Crippen LogP) is -1.39. The molecule has 2 rings (SSSR count). The van der Waals surface area contributed by atoms with Gasteiger partial charge in [0.25, 0.3) is 5.91 Å². The van der Waals surface area contributed by atoms with Crippen LogP contribution in [-0.4, -0.2) is 48.5 Å². The zero-order chi connectivity index (χ0) is 11.1. The van der Waals surface area contributed by atoms with Crippen molar-refractivity contribution in [1.29, 1.82) is 0 Å². The fourth-order valence-corrected chi connectivity index (χ4v) is 1.96. The van der Waals surface area contributed by atoms with Crippen LogP contribution in [0.1, 0.15) is 6.42 Å². The third kappa shape index (κ3) is 1.39. The molecule has 1 atom stereocenters. The molecule has 0 bridgehead atoms. The summed E-state index contributed by atoms with van der Waals surface area (Å²) in [5, 5.41) is 7.23. The molecule has 0 aromatic heterocycles. The van der Waals surface area contributed by atoms with Gasteiger partial charge >= 0.3 is 12.1 Å². The smallest absolute Gasteiger partial charge is 0.322 e. The summed E-state index contributed by atoms with van der Waals surface area (Å²) in [6, 6.07) is -0.723. The molecular weight excluding hydrogens is 200 g/mol. The maximum atomic E-state index is 11.5. The molecule has 2 aliphatic heterocycles. The van der Waals surface area contributed by atoms with Gasteiger partial charge in [-0.15, -0.1) is 0 Å². The van der Waals surface area contributed by atoms with Crippen LogP contribution in [0.5, 0.6) is 0 Å². The van der Waals surface area contributed by atoms with E-state index in [0.29, 0.717) is 13.0 Å². The molecule has 0 saturated carbocycles. The Labute approximate surface area is 86.2 Å². The number of nitrogens with one attached hydrogen (secondary N) is 3. The van der Waals surface area contributed by atoms with E-state index < -0.39 is 11.6 Å². The third-order valence-electron chi connectivity index (χ3n) is 2.78. The Morgan fingerprint density at radius 1 is 1.53 bits per heavy atom. The maximum absolute atomic E-state index is 11.5. The third-order valence-corrected chi connectivity index (χ3v) is 2.78. The molecule has 1 unspecified atom stereocenters. The van der Waals surface area contributed by atoms with Crippen LogP contribution >= 0.6 is 0 Å². The molecule has 2 aliphatic rings. The first-order valence-corrected chi connectivity index (χ1v) is 4.68. The summed E-state index contributed by atoms with van der Waals surface area (Å²) in [6.45, 7) is 0.692. The summed E-state index contributed by atoms with van der Waals surface area (Å²) < 4.78 is 0. The Balaban J connectivity index is 2.12. The molecule has 15 heavy (non-hydrogen) atoms.